The summed E-state index contributed by atoms with van der Waals surface area (Å²) in [7, 11) is 4.70. The van der Waals surface area contributed by atoms with E-state index in [1.165, 1.54) is 14.2 Å². The molecule has 1 aromatic heterocycles. The van der Waals surface area contributed by atoms with Gasteiger partial charge in [-0.1, -0.05) is 11.6 Å². The Morgan fingerprint density at radius 1 is 1.32 bits per heavy atom. The molecule has 1 atom stereocenters. The molecule has 0 bridgehead atoms. The van der Waals surface area contributed by atoms with Crippen LogP contribution in [0.15, 0.2) is 34.9 Å². The number of halogens is 1. The van der Waals surface area contributed by atoms with Crippen molar-refractivity contribution in [3.63, 3.8) is 0 Å². The van der Waals surface area contributed by atoms with E-state index in [1.54, 1.807) is 36.4 Å². The van der Waals surface area contributed by atoms with Gasteiger partial charge >= 0.3 is 0 Å². The van der Waals surface area contributed by atoms with E-state index in [2.05, 4.69) is 0 Å². The minimum absolute atomic E-state index is 0.188. The lowest BCUT2D eigenvalue weighted by Crippen LogP contribution is -2.29. The van der Waals surface area contributed by atoms with E-state index >= 15 is 0 Å². The highest BCUT2D eigenvalue weighted by Crippen LogP contribution is 2.36. The maximum absolute atomic E-state index is 12.6. The number of methoxy groups -OCH3 is 2. The van der Waals surface area contributed by atoms with E-state index in [4.69, 9.17) is 25.5 Å². The lowest BCUT2D eigenvalue weighted by Gasteiger charge is -2.24. The van der Waals surface area contributed by atoms with Crippen molar-refractivity contribution in [2.75, 3.05) is 21.3 Å². The maximum Gasteiger partial charge on any atom is 0.254 e. The first-order valence-corrected chi connectivity index (χ1v) is 7.09. The van der Waals surface area contributed by atoms with Crippen molar-refractivity contribution in [1.82, 2.24) is 4.90 Å². The van der Waals surface area contributed by atoms with Gasteiger partial charge in [-0.15, -0.1) is 0 Å². The summed E-state index contributed by atoms with van der Waals surface area (Å²) in [5, 5.41) is 0.323. The molecule has 0 aliphatic rings. The molecule has 0 saturated heterocycles. The highest BCUT2D eigenvalue weighted by atomic mass is 35.5. The summed E-state index contributed by atoms with van der Waals surface area (Å²) < 4.78 is 15.7. The van der Waals surface area contributed by atoms with E-state index in [-0.39, 0.29) is 11.9 Å². The normalized spacial score (nSPS) is 11.9. The molecule has 6 heteroatoms. The molecule has 2 aromatic rings. The average molecular weight is 324 g/mol. The van der Waals surface area contributed by atoms with Crippen LogP contribution in [-0.4, -0.2) is 32.1 Å². The van der Waals surface area contributed by atoms with E-state index in [0.29, 0.717) is 27.8 Å². The summed E-state index contributed by atoms with van der Waals surface area (Å²) in [6.07, 6.45) is 1.58. The number of carbonyl (C=O) groups excluding carboxylic acids is 1. The Morgan fingerprint density at radius 3 is 2.59 bits per heavy atom. The minimum Gasteiger partial charge on any atom is -0.493 e. The van der Waals surface area contributed by atoms with Crippen molar-refractivity contribution >= 4 is 17.5 Å². The molecule has 1 heterocycles. The third kappa shape index (κ3) is 3.04. The molecule has 22 heavy (non-hydrogen) atoms. The predicted molar refractivity (Wildman–Crippen MR) is 83.8 cm³/mol. The van der Waals surface area contributed by atoms with Crippen molar-refractivity contribution < 1.29 is 18.7 Å². The molecule has 0 fully saturated rings. The molecule has 2 rings (SSSR count). The molecule has 5 nitrogen and oxygen atoms in total. The van der Waals surface area contributed by atoms with Crippen LogP contribution in [0, 0.1) is 0 Å². The van der Waals surface area contributed by atoms with Gasteiger partial charge in [0, 0.05) is 12.6 Å². The Kier molecular flexibility index (Phi) is 4.98. The Hall–Kier alpha value is -2.14. The van der Waals surface area contributed by atoms with Crippen LogP contribution in [0.3, 0.4) is 0 Å². The quantitative estimate of drug-likeness (QED) is 0.840. The second-order valence-corrected chi connectivity index (χ2v) is 5.21. The van der Waals surface area contributed by atoms with E-state index in [1.807, 2.05) is 13.0 Å². The number of carbonyl (C=O) groups is 1. The summed E-state index contributed by atoms with van der Waals surface area (Å²) in [5.74, 6) is 1.34. The van der Waals surface area contributed by atoms with Crippen LogP contribution >= 0.6 is 11.6 Å². The molecule has 1 unspecified atom stereocenters. The fourth-order valence-electron chi connectivity index (χ4n) is 2.14. The highest BCUT2D eigenvalue weighted by Gasteiger charge is 2.23. The number of nitrogens with zero attached hydrogens (tertiary/aromatic N) is 1. The zero-order valence-corrected chi connectivity index (χ0v) is 13.7. The Bertz CT molecular complexity index is 654. The number of hydrogen-bond donors (Lipinski definition) is 0. The van der Waals surface area contributed by atoms with Gasteiger partial charge in [-0.25, -0.2) is 0 Å². The van der Waals surface area contributed by atoms with Crippen molar-refractivity contribution in [3.05, 3.63) is 46.9 Å². The fraction of sp³-hybridized carbons (Fsp3) is 0.312. The smallest absolute Gasteiger partial charge is 0.254 e. The monoisotopic (exact) mass is 323 g/mol. The number of benzene rings is 1. The standard InChI is InChI=1S/C16H18ClNO4/c1-10(13-6-5-7-22-13)18(2)16(19)11-8-12(17)15(21-4)14(9-11)20-3/h5-10H,1-4H3. The summed E-state index contributed by atoms with van der Waals surface area (Å²) in [6.45, 7) is 1.89. The Balaban J connectivity index is 2.31. The van der Waals surface area contributed by atoms with Gasteiger partial charge < -0.3 is 18.8 Å². The third-order valence-electron chi connectivity index (χ3n) is 3.54. The van der Waals surface area contributed by atoms with Crippen LogP contribution in [0.25, 0.3) is 0 Å². The van der Waals surface area contributed by atoms with E-state index in [9.17, 15) is 4.79 Å². The van der Waals surface area contributed by atoms with Crippen molar-refractivity contribution in [2.24, 2.45) is 0 Å². The second-order valence-electron chi connectivity index (χ2n) is 4.80. The number of rotatable bonds is 5. The molecular formula is C16H18ClNO4. The van der Waals surface area contributed by atoms with Crippen LogP contribution in [-0.2, 0) is 0 Å². The van der Waals surface area contributed by atoms with Gasteiger partial charge in [0.15, 0.2) is 11.5 Å². The average Bonchev–Trinajstić information content (AvgIpc) is 3.06. The maximum atomic E-state index is 12.6. The number of hydrogen-bond acceptors (Lipinski definition) is 4. The molecule has 1 amide bonds. The second kappa shape index (κ2) is 6.75. The van der Waals surface area contributed by atoms with Gasteiger partial charge in [0.05, 0.1) is 31.5 Å². The van der Waals surface area contributed by atoms with Crippen LogP contribution < -0.4 is 9.47 Å². The third-order valence-corrected chi connectivity index (χ3v) is 3.82. The zero-order chi connectivity index (χ0) is 16.3. The van der Waals surface area contributed by atoms with Crippen molar-refractivity contribution in [2.45, 2.75) is 13.0 Å². The number of furan rings is 1. The molecule has 1 aromatic carbocycles. The summed E-state index contributed by atoms with van der Waals surface area (Å²) in [5.41, 5.74) is 0.420. The van der Waals surface area contributed by atoms with Crippen LogP contribution in [0.1, 0.15) is 29.1 Å². The molecule has 0 saturated carbocycles. The summed E-state index contributed by atoms with van der Waals surface area (Å²) in [6, 6.07) is 6.59. The van der Waals surface area contributed by atoms with Gasteiger partial charge in [0.25, 0.3) is 5.91 Å². The van der Waals surface area contributed by atoms with Gasteiger partial charge in [-0.05, 0) is 31.2 Å². The van der Waals surface area contributed by atoms with Gasteiger partial charge in [0.1, 0.15) is 5.76 Å². The summed E-state index contributed by atoms with van der Waals surface area (Å²) >= 11 is 6.15. The predicted octanol–water partition coefficient (Wildman–Crippen LogP) is 3.78. The lowest BCUT2D eigenvalue weighted by atomic mass is 10.1. The molecule has 0 aliphatic carbocycles. The first kappa shape index (κ1) is 16.2. The molecule has 0 aliphatic heterocycles. The lowest BCUT2D eigenvalue weighted by molar-refractivity contribution is 0.0726. The summed E-state index contributed by atoms with van der Waals surface area (Å²) in [4.78, 5) is 14.2. The topological polar surface area (TPSA) is 51.9 Å². The molecular weight excluding hydrogens is 306 g/mol. The SMILES string of the molecule is COc1cc(C(=O)N(C)C(C)c2ccco2)cc(Cl)c1OC. The minimum atomic E-state index is -0.200. The van der Waals surface area contributed by atoms with Gasteiger partial charge in [-0.3, -0.25) is 4.79 Å². The Morgan fingerprint density at radius 2 is 2.05 bits per heavy atom. The van der Waals surface area contributed by atoms with E-state index < -0.39 is 0 Å². The first-order valence-electron chi connectivity index (χ1n) is 6.71. The van der Waals surface area contributed by atoms with Crippen LogP contribution in [0.5, 0.6) is 11.5 Å². The van der Waals surface area contributed by atoms with Crippen molar-refractivity contribution in [3.8, 4) is 11.5 Å². The molecule has 0 N–H and O–H groups in total. The van der Waals surface area contributed by atoms with Crippen LogP contribution in [0.4, 0.5) is 0 Å². The Labute approximate surface area is 134 Å². The fourth-order valence-corrected chi connectivity index (χ4v) is 2.43. The highest BCUT2D eigenvalue weighted by molar-refractivity contribution is 6.32. The number of amides is 1. The molecule has 118 valence electrons. The van der Waals surface area contributed by atoms with Gasteiger partial charge in [-0.2, -0.15) is 0 Å². The molecule has 0 spiro atoms. The van der Waals surface area contributed by atoms with E-state index in [0.717, 1.165) is 0 Å². The van der Waals surface area contributed by atoms with Crippen LogP contribution in [0.2, 0.25) is 5.02 Å². The van der Waals surface area contributed by atoms with Crippen molar-refractivity contribution in [1.29, 1.82) is 0 Å². The number of ether oxygens (including phenoxy) is 2. The first-order chi connectivity index (χ1) is 10.5. The zero-order valence-electron chi connectivity index (χ0n) is 12.9. The largest absolute Gasteiger partial charge is 0.493 e. The van der Waals surface area contributed by atoms with Gasteiger partial charge in [0.2, 0.25) is 0 Å². The molecule has 0 radical (unpaired) electrons.